The van der Waals surface area contributed by atoms with Crippen LogP contribution in [0.1, 0.15) is 36.6 Å². The van der Waals surface area contributed by atoms with Crippen LogP contribution in [0.25, 0.3) is 0 Å². The summed E-state index contributed by atoms with van der Waals surface area (Å²) >= 11 is 0. The molecule has 1 aliphatic heterocycles. The molecule has 0 amide bonds. The molecule has 1 N–H and O–H groups in total. The molecule has 1 saturated heterocycles. The molecule has 2 heterocycles. The molecule has 5 nitrogen and oxygen atoms in total. The van der Waals surface area contributed by atoms with Crippen molar-refractivity contribution in [1.29, 1.82) is 0 Å². The van der Waals surface area contributed by atoms with Crippen LogP contribution in [0, 0.1) is 6.92 Å². The fourth-order valence-corrected chi connectivity index (χ4v) is 4.05. The molecule has 0 bridgehead atoms. The van der Waals surface area contributed by atoms with Gasteiger partial charge in [-0.25, -0.2) is 0 Å². The molecule has 1 aliphatic rings. The Bertz CT molecular complexity index is 685. The van der Waals surface area contributed by atoms with Crippen molar-refractivity contribution in [1.82, 2.24) is 19.6 Å². The average molecular weight is 371 g/mol. The van der Waals surface area contributed by atoms with Crippen molar-refractivity contribution < 1.29 is 5.11 Å². The number of hydrogen-bond acceptors (Lipinski definition) is 4. The van der Waals surface area contributed by atoms with Crippen molar-refractivity contribution in [2.24, 2.45) is 0 Å². The number of aliphatic hydroxyl groups excluding tert-OH is 1. The highest BCUT2D eigenvalue weighted by Crippen LogP contribution is 2.18. The van der Waals surface area contributed by atoms with E-state index < -0.39 is 0 Å². The van der Waals surface area contributed by atoms with Crippen molar-refractivity contribution in [3.8, 4) is 0 Å². The molecule has 0 unspecified atom stereocenters. The van der Waals surface area contributed by atoms with Crippen molar-refractivity contribution >= 4 is 0 Å². The van der Waals surface area contributed by atoms with Crippen LogP contribution in [0.3, 0.4) is 0 Å². The Morgan fingerprint density at radius 1 is 1.15 bits per heavy atom. The smallest absolute Gasteiger partial charge is 0.0537 e. The Kier molecular flexibility index (Phi) is 7.44. The standard InChI is InChI=1S/C22H34N4O/c1-3-11-26-19(2)21(16-23-26)17-24-13-14-25(22(18-24)10-15-27)12-9-20-7-5-4-6-8-20/h4-8,16,22,27H,3,9-15,17-18H2,1-2H3/t22-/m0/s1. The highest BCUT2D eigenvalue weighted by atomic mass is 16.3. The van der Waals surface area contributed by atoms with Gasteiger partial charge in [-0.05, 0) is 31.7 Å². The highest BCUT2D eigenvalue weighted by molar-refractivity contribution is 5.17. The summed E-state index contributed by atoms with van der Waals surface area (Å²) in [6.45, 7) is 10.8. The number of piperazine rings is 1. The third-order valence-corrected chi connectivity index (χ3v) is 5.72. The molecule has 148 valence electrons. The molecule has 0 spiro atoms. The Labute approximate surface area is 163 Å². The highest BCUT2D eigenvalue weighted by Gasteiger charge is 2.26. The van der Waals surface area contributed by atoms with Gasteiger partial charge in [-0.3, -0.25) is 14.5 Å². The third kappa shape index (κ3) is 5.41. The minimum atomic E-state index is 0.258. The van der Waals surface area contributed by atoms with Gasteiger partial charge in [0.15, 0.2) is 0 Å². The van der Waals surface area contributed by atoms with Gasteiger partial charge in [0.1, 0.15) is 0 Å². The zero-order chi connectivity index (χ0) is 19.1. The van der Waals surface area contributed by atoms with Crippen LogP contribution in [-0.2, 0) is 19.5 Å². The molecule has 3 rings (SSSR count). The fraction of sp³-hybridized carbons (Fsp3) is 0.591. The number of nitrogens with zero attached hydrogens (tertiary/aromatic N) is 4. The van der Waals surface area contributed by atoms with Crippen molar-refractivity contribution in [2.45, 2.75) is 52.2 Å². The molecular weight excluding hydrogens is 336 g/mol. The summed E-state index contributed by atoms with van der Waals surface area (Å²) in [6, 6.07) is 11.1. The van der Waals surface area contributed by atoms with E-state index in [1.165, 1.54) is 16.8 Å². The minimum absolute atomic E-state index is 0.258. The quantitative estimate of drug-likeness (QED) is 0.737. The lowest BCUT2D eigenvalue weighted by Gasteiger charge is -2.41. The van der Waals surface area contributed by atoms with E-state index in [0.717, 1.165) is 58.5 Å². The third-order valence-electron chi connectivity index (χ3n) is 5.72. The van der Waals surface area contributed by atoms with Gasteiger partial charge in [0.25, 0.3) is 0 Å². The molecule has 0 saturated carbocycles. The van der Waals surface area contributed by atoms with Gasteiger partial charge >= 0.3 is 0 Å². The Balaban J connectivity index is 1.56. The number of aryl methyl sites for hydroxylation is 1. The van der Waals surface area contributed by atoms with Gasteiger partial charge in [-0.1, -0.05) is 37.3 Å². The second kappa shape index (κ2) is 10.0. The second-order valence-electron chi connectivity index (χ2n) is 7.65. The fourth-order valence-electron chi connectivity index (χ4n) is 4.05. The van der Waals surface area contributed by atoms with Gasteiger partial charge in [0.05, 0.1) is 6.20 Å². The van der Waals surface area contributed by atoms with Gasteiger partial charge in [0.2, 0.25) is 0 Å². The van der Waals surface area contributed by atoms with E-state index in [-0.39, 0.29) is 6.61 Å². The van der Waals surface area contributed by atoms with Crippen molar-refractivity contribution in [3.05, 3.63) is 53.3 Å². The Hall–Kier alpha value is -1.69. The van der Waals surface area contributed by atoms with E-state index in [9.17, 15) is 5.11 Å². The van der Waals surface area contributed by atoms with Crippen LogP contribution in [-0.4, -0.2) is 63.5 Å². The first kappa shape index (κ1) is 20.1. The Morgan fingerprint density at radius 3 is 2.70 bits per heavy atom. The maximum atomic E-state index is 9.55. The topological polar surface area (TPSA) is 44.5 Å². The van der Waals surface area contributed by atoms with Gasteiger partial charge in [-0.15, -0.1) is 0 Å². The van der Waals surface area contributed by atoms with Gasteiger partial charge < -0.3 is 5.11 Å². The van der Waals surface area contributed by atoms with Crippen LogP contribution < -0.4 is 0 Å². The van der Waals surface area contributed by atoms with E-state index in [1.807, 2.05) is 6.20 Å². The number of aliphatic hydroxyl groups is 1. The summed E-state index contributed by atoms with van der Waals surface area (Å²) < 4.78 is 2.12. The molecular formula is C22H34N4O. The lowest BCUT2D eigenvalue weighted by Crippen LogP contribution is -2.53. The minimum Gasteiger partial charge on any atom is -0.396 e. The van der Waals surface area contributed by atoms with Crippen LogP contribution in [0.4, 0.5) is 0 Å². The second-order valence-corrected chi connectivity index (χ2v) is 7.65. The monoisotopic (exact) mass is 370 g/mol. The lowest BCUT2D eigenvalue weighted by molar-refractivity contribution is 0.0561. The molecule has 1 aromatic carbocycles. The number of benzene rings is 1. The molecule has 0 radical (unpaired) electrons. The SMILES string of the molecule is CCCn1ncc(CN2CCN(CCc3ccccc3)[C@@H](CCO)C2)c1C. The molecule has 27 heavy (non-hydrogen) atoms. The van der Waals surface area contributed by atoms with Crippen LogP contribution in [0.2, 0.25) is 0 Å². The van der Waals surface area contributed by atoms with E-state index in [4.69, 9.17) is 0 Å². The predicted molar refractivity (Wildman–Crippen MR) is 110 cm³/mol. The first-order chi connectivity index (χ1) is 13.2. The summed E-state index contributed by atoms with van der Waals surface area (Å²) in [5.41, 5.74) is 4.02. The van der Waals surface area contributed by atoms with E-state index in [1.54, 1.807) is 0 Å². The molecule has 1 fully saturated rings. The number of aromatic nitrogens is 2. The summed E-state index contributed by atoms with van der Waals surface area (Å²) in [4.78, 5) is 5.09. The first-order valence-electron chi connectivity index (χ1n) is 10.3. The summed E-state index contributed by atoms with van der Waals surface area (Å²) in [6.07, 6.45) is 5.07. The van der Waals surface area contributed by atoms with Crippen LogP contribution in [0.15, 0.2) is 36.5 Å². The van der Waals surface area contributed by atoms with E-state index in [0.29, 0.717) is 6.04 Å². The Morgan fingerprint density at radius 2 is 1.96 bits per heavy atom. The lowest BCUT2D eigenvalue weighted by atomic mass is 10.1. The maximum absolute atomic E-state index is 9.55. The zero-order valence-corrected chi connectivity index (χ0v) is 16.8. The van der Waals surface area contributed by atoms with Crippen LogP contribution >= 0.6 is 0 Å². The van der Waals surface area contributed by atoms with Crippen LogP contribution in [0.5, 0.6) is 0 Å². The van der Waals surface area contributed by atoms with Gasteiger partial charge in [-0.2, -0.15) is 5.10 Å². The number of hydrogen-bond donors (Lipinski definition) is 1. The van der Waals surface area contributed by atoms with Gasteiger partial charge in [0, 0.05) is 63.2 Å². The largest absolute Gasteiger partial charge is 0.396 e. The molecule has 5 heteroatoms. The maximum Gasteiger partial charge on any atom is 0.0537 e. The first-order valence-corrected chi connectivity index (χ1v) is 10.3. The normalized spacial score (nSPS) is 18.9. The summed E-state index contributed by atoms with van der Waals surface area (Å²) in [5, 5.41) is 14.1. The number of rotatable bonds is 9. The summed E-state index contributed by atoms with van der Waals surface area (Å²) in [5.74, 6) is 0. The van der Waals surface area contributed by atoms with Crippen molar-refractivity contribution in [3.63, 3.8) is 0 Å². The molecule has 0 aliphatic carbocycles. The predicted octanol–water partition coefficient (Wildman–Crippen LogP) is 2.71. The molecule has 1 aromatic heterocycles. The molecule has 1 atom stereocenters. The molecule has 2 aromatic rings. The summed E-state index contributed by atoms with van der Waals surface area (Å²) in [7, 11) is 0. The average Bonchev–Trinajstić information content (AvgIpc) is 3.02. The van der Waals surface area contributed by atoms with Crippen molar-refractivity contribution in [2.75, 3.05) is 32.8 Å². The van der Waals surface area contributed by atoms with E-state index >= 15 is 0 Å². The zero-order valence-electron chi connectivity index (χ0n) is 16.8. The van der Waals surface area contributed by atoms with E-state index in [2.05, 4.69) is 63.8 Å².